The lowest BCUT2D eigenvalue weighted by molar-refractivity contribution is -0.190. The number of aryl methyl sites for hydroxylation is 4. The minimum Gasteiger partial charge on any atom is -0.401 e. The van der Waals surface area contributed by atoms with Crippen molar-refractivity contribution in [2.24, 2.45) is 0 Å². The fraction of sp³-hybridized carbons (Fsp3) is 0.385. The molecule has 0 unspecified atom stereocenters. The van der Waals surface area contributed by atoms with Crippen LogP contribution in [0.5, 0.6) is 5.88 Å². The van der Waals surface area contributed by atoms with Crippen LogP contribution in [0.4, 0.5) is 13.2 Å². The van der Waals surface area contributed by atoms with Crippen LogP contribution < -0.4 is 4.74 Å². The molecular weight excluding hydrogens is 301 g/mol. The van der Waals surface area contributed by atoms with Gasteiger partial charge in [0.1, 0.15) is 0 Å². The molecule has 6 nitrogen and oxygen atoms in total. The van der Waals surface area contributed by atoms with Gasteiger partial charge < -0.3 is 4.74 Å². The summed E-state index contributed by atoms with van der Waals surface area (Å²) < 4.78 is 42.4. The van der Waals surface area contributed by atoms with Crippen LogP contribution in [-0.4, -0.2) is 31.9 Å². The standard InChI is InChI=1S/C13H13F3N4O2/c1-6-5-10(22-12(21)13(14,15)16)20(19-6)11-9(4)17-7(2)8(3)18-11/h5H,1-4H3. The Morgan fingerprint density at radius 3 is 2.27 bits per heavy atom. The van der Waals surface area contributed by atoms with Crippen molar-refractivity contribution in [2.45, 2.75) is 33.9 Å². The number of hydrogen-bond acceptors (Lipinski definition) is 5. The van der Waals surface area contributed by atoms with E-state index in [2.05, 4.69) is 19.8 Å². The maximum atomic E-state index is 12.3. The molecule has 0 aliphatic rings. The normalized spacial score (nSPS) is 11.6. The highest BCUT2D eigenvalue weighted by Gasteiger charge is 2.42. The average Bonchev–Trinajstić information content (AvgIpc) is 2.73. The van der Waals surface area contributed by atoms with Crippen LogP contribution in [0.15, 0.2) is 6.07 Å². The van der Waals surface area contributed by atoms with Crippen LogP contribution >= 0.6 is 0 Å². The van der Waals surface area contributed by atoms with E-state index in [1.165, 1.54) is 6.07 Å². The highest BCUT2D eigenvalue weighted by atomic mass is 19.4. The summed E-state index contributed by atoms with van der Waals surface area (Å²) in [5, 5.41) is 4.02. The SMILES string of the molecule is Cc1cc(OC(=O)C(F)(F)F)n(-c2nc(C)c(C)nc2C)n1. The minimum absolute atomic E-state index is 0.209. The van der Waals surface area contributed by atoms with Crippen LogP contribution in [0.25, 0.3) is 5.82 Å². The molecule has 0 radical (unpaired) electrons. The molecule has 0 bridgehead atoms. The lowest BCUT2D eigenvalue weighted by atomic mass is 10.3. The summed E-state index contributed by atoms with van der Waals surface area (Å²) >= 11 is 0. The number of alkyl halides is 3. The van der Waals surface area contributed by atoms with E-state index in [1.807, 2.05) is 0 Å². The summed E-state index contributed by atoms with van der Waals surface area (Å²) in [5.41, 5.74) is 2.13. The van der Waals surface area contributed by atoms with E-state index in [0.29, 0.717) is 22.8 Å². The molecule has 0 amide bonds. The lowest BCUT2D eigenvalue weighted by Gasteiger charge is -2.11. The van der Waals surface area contributed by atoms with E-state index in [4.69, 9.17) is 0 Å². The highest BCUT2D eigenvalue weighted by molar-refractivity contribution is 5.77. The van der Waals surface area contributed by atoms with Crippen LogP contribution in [0.3, 0.4) is 0 Å². The van der Waals surface area contributed by atoms with Crippen LogP contribution in [0.1, 0.15) is 22.8 Å². The summed E-state index contributed by atoms with van der Waals surface area (Å²) in [6.45, 7) is 6.67. The quantitative estimate of drug-likeness (QED) is 0.796. The number of halogens is 3. The van der Waals surface area contributed by atoms with E-state index >= 15 is 0 Å². The maximum Gasteiger partial charge on any atom is 0.491 e. The molecule has 0 aliphatic heterocycles. The van der Waals surface area contributed by atoms with Gasteiger partial charge in [0.15, 0.2) is 5.82 Å². The van der Waals surface area contributed by atoms with Gasteiger partial charge in [-0.3, -0.25) is 4.98 Å². The first kappa shape index (κ1) is 15.9. The first-order chi connectivity index (χ1) is 10.1. The third-order valence-electron chi connectivity index (χ3n) is 2.88. The van der Waals surface area contributed by atoms with Gasteiger partial charge in [-0.25, -0.2) is 9.78 Å². The average molecular weight is 314 g/mol. The second-order valence-corrected chi connectivity index (χ2v) is 4.73. The molecule has 9 heteroatoms. The Bertz CT molecular complexity index is 738. The summed E-state index contributed by atoms with van der Waals surface area (Å²) in [6.07, 6.45) is -5.09. The van der Waals surface area contributed by atoms with Crippen molar-refractivity contribution in [1.29, 1.82) is 0 Å². The fourth-order valence-corrected chi connectivity index (χ4v) is 1.76. The topological polar surface area (TPSA) is 69.9 Å². The monoisotopic (exact) mass is 314 g/mol. The molecule has 2 rings (SSSR count). The molecule has 2 aromatic heterocycles. The van der Waals surface area contributed by atoms with Crippen molar-refractivity contribution in [1.82, 2.24) is 19.7 Å². The number of esters is 1. The Labute approximate surface area is 123 Å². The van der Waals surface area contributed by atoms with E-state index in [1.54, 1.807) is 27.7 Å². The van der Waals surface area contributed by atoms with E-state index in [0.717, 1.165) is 4.68 Å². The summed E-state index contributed by atoms with van der Waals surface area (Å²) in [5.74, 6) is -2.47. The van der Waals surface area contributed by atoms with Gasteiger partial charge in [-0.05, 0) is 27.7 Å². The smallest absolute Gasteiger partial charge is 0.401 e. The van der Waals surface area contributed by atoms with Gasteiger partial charge in [0.25, 0.3) is 0 Å². The molecule has 0 N–H and O–H groups in total. The van der Waals surface area contributed by atoms with Crippen LogP contribution in [0, 0.1) is 27.7 Å². The Kier molecular flexibility index (Phi) is 3.90. The molecule has 118 valence electrons. The molecular formula is C13H13F3N4O2. The van der Waals surface area contributed by atoms with Crippen LogP contribution in [-0.2, 0) is 4.79 Å². The lowest BCUT2D eigenvalue weighted by Crippen LogP contribution is -2.29. The number of carbonyl (C=O) groups is 1. The van der Waals surface area contributed by atoms with Gasteiger partial charge >= 0.3 is 12.1 Å². The predicted octanol–water partition coefficient (Wildman–Crippen LogP) is 2.36. The predicted molar refractivity (Wildman–Crippen MR) is 69.8 cm³/mol. The largest absolute Gasteiger partial charge is 0.491 e. The molecule has 0 saturated heterocycles. The summed E-state index contributed by atoms with van der Waals surface area (Å²) in [6, 6.07) is 1.22. The first-order valence-corrected chi connectivity index (χ1v) is 6.27. The molecule has 0 atom stereocenters. The summed E-state index contributed by atoms with van der Waals surface area (Å²) in [4.78, 5) is 19.5. The molecule has 0 aromatic carbocycles. The number of ether oxygens (including phenoxy) is 1. The van der Waals surface area contributed by atoms with Gasteiger partial charge in [-0.2, -0.15) is 23.0 Å². The number of carbonyl (C=O) groups excluding carboxylic acids is 1. The Hall–Kier alpha value is -2.45. The minimum atomic E-state index is -5.09. The number of hydrogen-bond donors (Lipinski definition) is 0. The summed E-state index contributed by atoms with van der Waals surface area (Å²) in [7, 11) is 0. The Balaban J connectivity index is 2.49. The van der Waals surface area contributed by atoms with E-state index < -0.39 is 12.1 Å². The number of nitrogens with zero attached hydrogens (tertiary/aromatic N) is 4. The molecule has 22 heavy (non-hydrogen) atoms. The Morgan fingerprint density at radius 1 is 1.09 bits per heavy atom. The molecule has 0 saturated carbocycles. The van der Waals surface area contributed by atoms with Gasteiger partial charge in [0, 0.05) is 6.07 Å². The van der Waals surface area contributed by atoms with Crippen LogP contribution in [0.2, 0.25) is 0 Å². The third kappa shape index (κ3) is 3.07. The van der Waals surface area contributed by atoms with Crippen molar-refractivity contribution in [2.75, 3.05) is 0 Å². The second kappa shape index (κ2) is 5.39. The third-order valence-corrected chi connectivity index (χ3v) is 2.88. The van der Waals surface area contributed by atoms with Gasteiger partial charge in [-0.15, -0.1) is 0 Å². The van der Waals surface area contributed by atoms with Gasteiger partial charge in [0.2, 0.25) is 5.88 Å². The second-order valence-electron chi connectivity index (χ2n) is 4.73. The van der Waals surface area contributed by atoms with E-state index in [9.17, 15) is 18.0 Å². The molecule has 2 aromatic rings. The number of rotatable bonds is 2. The molecule has 2 heterocycles. The maximum absolute atomic E-state index is 12.3. The van der Waals surface area contributed by atoms with Crippen molar-refractivity contribution < 1.29 is 22.7 Å². The fourth-order valence-electron chi connectivity index (χ4n) is 1.76. The first-order valence-electron chi connectivity index (χ1n) is 6.27. The Morgan fingerprint density at radius 2 is 1.68 bits per heavy atom. The zero-order valence-corrected chi connectivity index (χ0v) is 12.3. The van der Waals surface area contributed by atoms with Gasteiger partial charge in [0.05, 0.1) is 22.8 Å². The van der Waals surface area contributed by atoms with E-state index in [-0.39, 0.29) is 11.7 Å². The zero-order chi connectivity index (χ0) is 16.7. The molecule has 0 fully saturated rings. The van der Waals surface area contributed by atoms with Crippen molar-refractivity contribution in [3.8, 4) is 11.7 Å². The highest BCUT2D eigenvalue weighted by Crippen LogP contribution is 2.24. The van der Waals surface area contributed by atoms with Gasteiger partial charge in [-0.1, -0.05) is 0 Å². The van der Waals surface area contributed by atoms with Crippen molar-refractivity contribution in [3.05, 3.63) is 28.8 Å². The zero-order valence-electron chi connectivity index (χ0n) is 12.3. The molecule has 0 spiro atoms. The van der Waals surface area contributed by atoms with Crippen molar-refractivity contribution in [3.63, 3.8) is 0 Å². The number of aromatic nitrogens is 4. The molecule has 0 aliphatic carbocycles. The van der Waals surface area contributed by atoms with Crippen molar-refractivity contribution >= 4 is 5.97 Å².